The van der Waals surface area contributed by atoms with Crippen LogP contribution in [0.2, 0.25) is 0 Å². The largest absolute Gasteiger partial charge is 0.313 e. The van der Waals surface area contributed by atoms with Crippen molar-refractivity contribution < 1.29 is 8.42 Å². The molecular weight excluding hydrogens is 290 g/mol. The minimum Gasteiger partial charge on any atom is -0.313 e. The van der Waals surface area contributed by atoms with Crippen molar-refractivity contribution in [1.82, 2.24) is 25.1 Å². The van der Waals surface area contributed by atoms with Crippen molar-refractivity contribution >= 4 is 10.0 Å². The Bertz CT molecular complexity index is 523. The predicted octanol–water partition coefficient (Wildman–Crippen LogP) is 0.448. The number of rotatable bonds is 10. The summed E-state index contributed by atoms with van der Waals surface area (Å²) < 4.78 is 27.3. The van der Waals surface area contributed by atoms with Crippen molar-refractivity contribution in [3.05, 3.63) is 11.3 Å². The van der Waals surface area contributed by atoms with Crippen LogP contribution in [0.4, 0.5) is 0 Å². The molecule has 0 spiro atoms. The Hall–Kier alpha value is -0.960. The molecule has 0 saturated heterocycles. The number of aromatic nitrogens is 2. The molecule has 1 heterocycles. The molecule has 0 fully saturated rings. The molecule has 0 amide bonds. The molecule has 0 aliphatic heterocycles. The summed E-state index contributed by atoms with van der Waals surface area (Å²) in [6.07, 6.45) is 0. The molecule has 0 unspecified atom stereocenters. The minimum atomic E-state index is -3.57. The Morgan fingerprint density at radius 1 is 1.24 bits per heavy atom. The molecule has 21 heavy (non-hydrogen) atoms. The maximum Gasteiger partial charge on any atom is 0.260 e. The molecule has 0 bridgehead atoms. The van der Waals surface area contributed by atoms with E-state index in [9.17, 15) is 8.42 Å². The standard InChI is InChI=1S/C13H27N5O2S/c1-5-14-10-12-11(4)16-17-13(12)21(19,20)15-8-9-18(6-2)7-3/h14-15H,5-10H2,1-4H3,(H,16,17). The Morgan fingerprint density at radius 2 is 1.90 bits per heavy atom. The van der Waals surface area contributed by atoms with E-state index in [0.717, 1.165) is 25.3 Å². The van der Waals surface area contributed by atoms with E-state index in [1.54, 1.807) is 0 Å². The number of likely N-dealkylation sites (N-methyl/N-ethyl adjacent to an activating group) is 1. The predicted molar refractivity (Wildman–Crippen MR) is 83.7 cm³/mol. The van der Waals surface area contributed by atoms with Crippen LogP contribution in [0, 0.1) is 6.92 Å². The van der Waals surface area contributed by atoms with Gasteiger partial charge >= 0.3 is 0 Å². The second kappa shape index (κ2) is 8.47. The zero-order valence-electron chi connectivity index (χ0n) is 13.4. The fourth-order valence-corrected chi connectivity index (χ4v) is 3.27. The maximum atomic E-state index is 12.3. The number of aromatic amines is 1. The first kappa shape index (κ1) is 18.1. The van der Waals surface area contributed by atoms with Gasteiger partial charge in [-0.15, -0.1) is 0 Å². The second-order valence-electron chi connectivity index (χ2n) is 4.84. The number of nitrogens with zero attached hydrogens (tertiary/aromatic N) is 2. The second-order valence-corrected chi connectivity index (χ2v) is 6.52. The summed E-state index contributed by atoms with van der Waals surface area (Å²) in [5, 5.41) is 9.94. The zero-order chi connectivity index (χ0) is 15.9. The quantitative estimate of drug-likeness (QED) is 0.583. The Labute approximate surface area is 127 Å². The summed E-state index contributed by atoms with van der Waals surface area (Å²) >= 11 is 0. The van der Waals surface area contributed by atoms with E-state index >= 15 is 0 Å². The first-order valence-corrected chi connectivity index (χ1v) is 8.91. The lowest BCUT2D eigenvalue weighted by molar-refractivity contribution is 0.309. The van der Waals surface area contributed by atoms with E-state index in [2.05, 4.69) is 39.0 Å². The van der Waals surface area contributed by atoms with Crippen molar-refractivity contribution in [2.75, 3.05) is 32.7 Å². The molecular formula is C13H27N5O2S. The Morgan fingerprint density at radius 3 is 2.48 bits per heavy atom. The molecule has 0 aliphatic rings. The normalized spacial score (nSPS) is 12.2. The van der Waals surface area contributed by atoms with Crippen molar-refractivity contribution in [3.8, 4) is 0 Å². The molecule has 0 atom stereocenters. The third-order valence-corrected chi connectivity index (χ3v) is 4.89. The van der Waals surface area contributed by atoms with Crippen molar-refractivity contribution in [3.63, 3.8) is 0 Å². The molecule has 1 aromatic heterocycles. The van der Waals surface area contributed by atoms with Crippen molar-refractivity contribution in [2.45, 2.75) is 39.3 Å². The van der Waals surface area contributed by atoms with Gasteiger partial charge in [-0.2, -0.15) is 5.10 Å². The number of nitrogens with one attached hydrogen (secondary N) is 3. The summed E-state index contributed by atoms with van der Waals surface area (Å²) in [5.74, 6) is 0. The van der Waals surface area contributed by atoms with Gasteiger partial charge < -0.3 is 10.2 Å². The highest BCUT2D eigenvalue weighted by atomic mass is 32.2. The zero-order valence-corrected chi connectivity index (χ0v) is 14.2. The fourth-order valence-electron chi connectivity index (χ4n) is 2.06. The van der Waals surface area contributed by atoms with Gasteiger partial charge in [0.25, 0.3) is 10.0 Å². The summed E-state index contributed by atoms with van der Waals surface area (Å²) in [5.41, 5.74) is 1.48. The molecule has 3 N–H and O–H groups in total. The van der Waals surface area contributed by atoms with Crippen LogP contribution < -0.4 is 10.0 Å². The van der Waals surface area contributed by atoms with Gasteiger partial charge in [0.15, 0.2) is 5.03 Å². The van der Waals surface area contributed by atoms with E-state index in [1.165, 1.54) is 0 Å². The lowest BCUT2D eigenvalue weighted by Crippen LogP contribution is -2.35. The highest BCUT2D eigenvalue weighted by Gasteiger charge is 2.23. The van der Waals surface area contributed by atoms with Crippen LogP contribution in [-0.4, -0.2) is 56.2 Å². The highest BCUT2D eigenvalue weighted by molar-refractivity contribution is 7.89. The smallest absolute Gasteiger partial charge is 0.260 e. The van der Waals surface area contributed by atoms with Crippen LogP contribution in [0.25, 0.3) is 0 Å². The monoisotopic (exact) mass is 317 g/mol. The molecule has 122 valence electrons. The lowest BCUT2D eigenvalue weighted by Gasteiger charge is -2.17. The van der Waals surface area contributed by atoms with Gasteiger partial charge in [-0.05, 0) is 26.6 Å². The van der Waals surface area contributed by atoms with Crippen LogP contribution in [0.5, 0.6) is 0 Å². The average Bonchev–Trinajstić information content (AvgIpc) is 2.83. The van der Waals surface area contributed by atoms with E-state index in [1.807, 2.05) is 13.8 Å². The molecule has 7 nitrogen and oxygen atoms in total. The van der Waals surface area contributed by atoms with E-state index in [4.69, 9.17) is 0 Å². The first-order valence-electron chi connectivity index (χ1n) is 7.42. The number of hydrogen-bond acceptors (Lipinski definition) is 5. The number of aryl methyl sites for hydroxylation is 1. The van der Waals surface area contributed by atoms with Crippen LogP contribution in [0.3, 0.4) is 0 Å². The van der Waals surface area contributed by atoms with Gasteiger partial charge in [0.05, 0.1) is 0 Å². The molecule has 0 radical (unpaired) electrons. The first-order chi connectivity index (χ1) is 9.96. The molecule has 1 rings (SSSR count). The number of hydrogen-bond donors (Lipinski definition) is 3. The van der Waals surface area contributed by atoms with E-state index in [-0.39, 0.29) is 5.03 Å². The van der Waals surface area contributed by atoms with Crippen LogP contribution >= 0.6 is 0 Å². The molecule has 8 heteroatoms. The fraction of sp³-hybridized carbons (Fsp3) is 0.769. The topological polar surface area (TPSA) is 90.1 Å². The van der Waals surface area contributed by atoms with E-state index < -0.39 is 10.0 Å². The van der Waals surface area contributed by atoms with Gasteiger partial charge in [0, 0.05) is 30.9 Å². The third-order valence-electron chi connectivity index (χ3n) is 3.46. The highest BCUT2D eigenvalue weighted by Crippen LogP contribution is 2.15. The maximum absolute atomic E-state index is 12.3. The van der Waals surface area contributed by atoms with Crippen molar-refractivity contribution in [1.29, 1.82) is 0 Å². The molecule has 1 aromatic rings. The van der Waals surface area contributed by atoms with Gasteiger partial charge in [0.2, 0.25) is 0 Å². The average molecular weight is 317 g/mol. The third kappa shape index (κ3) is 5.06. The number of sulfonamides is 1. The van der Waals surface area contributed by atoms with Crippen LogP contribution in [-0.2, 0) is 16.6 Å². The van der Waals surface area contributed by atoms with Crippen molar-refractivity contribution in [2.24, 2.45) is 0 Å². The van der Waals surface area contributed by atoms with Gasteiger partial charge in [0.1, 0.15) is 0 Å². The SMILES string of the molecule is CCNCc1c(S(=O)(=O)NCCN(CC)CC)n[nH]c1C. The van der Waals surface area contributed by atoms with Crippen LogP contribution in [0.1, 0.15) is 32.0 Å². The summed E-state index contributed by atoms with van der Waals surface area (Å²) in [4.78, 5) is 2.16. The van der Waals surface area contributed by atoms with E-state index in [0.29, 0.717) is 25.2 Å². The number of H-pyrrole nitrogens is 1. The molecule has 0 aromatic carbocycles. The molecule has 0 saturated carbocycles. The lowest BCUT2D eigenvalue weighted by atomic mass is 10.2. The van der Waals surface area contributed by atoms with Crippen LogP contribution in [0.15, 0.2) is 5.03 Å². The van der Waals surface area contributed by atoms with Gasteiger partial charge in [-0.3, -0.25) is 5.10 Å². The molecule has 0 aliphatic carbocycles. The summed E-state index contributed by atoms with van der Waals surface area (Å²) in [6, 6.07) is 0. The summed E-state index contributed by atoms with van der Waals surface area (Å²) in [6.45, 7) is 12.1. The Kier molecular flexibility index (Phi) is 7.30. The van der Waals surface area contributed by atoms with Gasteiger partial charge in [-0.1, -0.05) is 20.8 Å². The Balaban J connectivity index is 2.74. The summed E-state index contributed by atoms with van der Waals surface area (Å²) in [7, 11) is -3.57. The van der Waals surface area contributed by atoms with Gasteiger partial charge in [-0.25, -0.2) is 13.1 Å². The minimum absolute atomic E-state index is 0.0977.